The Labute approximate surface area is 190 Å². The van der Waals surface area contributed by atoms with Crippen LogP contribution in [0.15, 0.2) is 47.4 Å². The number of carbonyl (C=O) groups is 1. The van der Waals surface area contributed by atoms with Gasteiger partial charge in [-0.2, -0.15) is 4.31 Å². The highest BCUT2D eigenvalue weighted by Gasteiger charge is 2.31. The molecular formula is C24H30N2O5S. The van der Waals surface area contributed by atoms with Crippen molar-refractivity contribution in [1.29, 1.82) is 0 Å². The Bertz CT molecular complexity index is 1040. The normalized spacial score (nSPS) is 17.1. The van der Waals surface area contributed by atoms with Crippen molar-refractivity contribution >= 4 is 15.9 Å². The summed E-state index contributed by atoms with van der Waals surface area (Å²) in [7, 11) is -3.66. The minimum Gasteiger partial charge on any atom is -0.490 e. The van der Waals surface area contributed by atoms with Crippen molar-refractivity contribution in [1.82, 2.24) is 9.21 Å². The molecule has 8 heteroatoms. The predicted molar refractivity (Wildman–Crippen MR) is 122 cm³/mol. The summed E-state index contributed by atoms with van der Waals surface area (Å²) in [6, 6.07) is 13.1. The Morgan fingerprint density at radius 1 is 0.906 bits per heavy atom. The lowest BCUT2D eigenvalue weighted by atomic mass is 10.1. The number of rotatable bonds is 6. The largest absolute Gasteiger partial charge is 0.490 e. The molecule has 172 valence electrons. The number of nitrogens with zero attached hydrogens (tertiary/aromatic N) is 2. The summed E-state index contributed by atoms with van der Waals surface area (Å²) in [6.07, 6.45) is 2.88. The smallest absolute Gasteiger partial charge is 0.243 e. The second kappa shape index (κ2) is 9.92. The maximum Gasteiger partial charge on any atom is 0.243 e. The molecule has 0 N–H and O–H groups in total. The van der Waals surface area contributed by atoms with Gasteiger partial charge < -0.3 is 14.4 Å². The molecule has 32 heavy (non-hydrogen) atoms. The first-order valence-electron chi connectivity index (χ1n) is 11.2. The number of hydrogen-bond donors (Lipinski definition) is 0. The molecule has 0 aliphatic carbocycles. The number of hydrogen-bond acceptors (Lipinski definition) is 5. The van der Waals surface area contributed by atoms with Gasteiger partial charge in [-0.05, 0) is 36.1 Å². The quantitative estimate of drug-likeness (QED) is 0.665. The minimum absolute atomic E-state index is 0.0668. The molecule has 0 saturated carbocycles. The van der Waals surface area contributed by atoms with Gasteiger partial charge in [-0.15, -0.1) is 0 Å². The van der Waals surface area contributed by atoms with E-state index in [1.807, 2.05) is 0 Å². The van der Waals surface area contributed by atoms with Crippen molar-refractivity contribution in [2.45, 2.75) is 37.5 Å². The molecule has 2 aliphatic rings. The van der Waals surface area contributed by atoms with Gasteiger partial charge in [0, 0.05) is 45.1 Å². The number of aryl methyl sites for hydroxylation is 2. The Morgan fingerprint density at radius 2 is 1.56 bits per heavy atom. The highest BCUT2D eigenvalue weighted by molar-refractivity contribution is 7.89. The molecule has 0 spiro atoms. The number of amides is 1. The zero-order chi connectivity index (χ0) is 22.6. The molecule has 0 atom stereocenters. The van der Waals surface area contributed by atoms with Crippen molar-refractivity contribution in [3.63, 3.8) is 0 Å². The maximum atomic E-state index is 13.1. The molecule has 1 saturated heterocycles. The first kappa shape index (κ1) is 22.6. The lowest BCUT2D eigenvalue weighted by molar-refractivity contribution is -0.132. The SMILES string of the molecule is CCc1ccc(CCC(=O)N2CCN(S(=O)(=O)c3ccc4c(c3)OCCCO4)CC2)cc1. The zero-order valence-corrected chi connectivity index (χ0v) is 19.3. The summed E-state index contributed by atoms with van der Waals surface area (Å²) in [6.45, 7) is 4.54. The molecule has 2 aromatic carbocycles. The molecular weight excluding hydrogens is 428 g/mol. The molecule has 7 nitrogen and oxygen atoms in total. The fraction of sp³-hybridized carbons (Fsp3) is 0.458. The van der Waals surface area contributed by atoms with E-state index in [0.29, 0.717) is 50.6 Å². The highest BCUT2D eigenvalue weighted by atomic mass is 32.2. The van der Waals surface area contributed by atoms with Crippen LogP contribution in [0.1, 0.15) is 30.9 Å². The van der Waals surface area contributed by atoms with E-state index in [2.05, 4.69) is 31.2 Å². The summed E-state index contributed by atoms with van der Waals surface area (Å²) in [4.78, 5) is 14.6. The number of sulfonamides is 1. The number of piperazine rings is 1. The van der Waals surface area contributed by atoms with Gasteiger partial charge in [0.25, 0.3) is 0 Å². The van der Waals surface area contributed by atoms with Crippen molar-refractivity contribution < 1.29 is 22.7 Å². The van der Waals surface area contributed by atoms with Crippen LogP contribution in [0.3, 0.4) is 0 Å². The number of ether oxygens (including phenoxy) is 2. The predicted octanol–water partition coefficient (Wildman–Crippen LogP) is 2.88. The molecule has 4 rings (SSSR count). The van der Waals surface area contributed by atoms with E-state index in [4.69, 9.17) is 9.47 Å². The van der Waals surface area contributed by atoms with E-state index in [9.17, 15) is 13.2 Å². The third kappa shape index (κ3) is 5.07. The van der Waals surface area contributed by atoms with Crippen LogP contribution < -0.4 is 9.47 Å². The van der Waals surface area contributed by atoms with Crippen LogP contribution in [-0.4, -0.2) is 62.9 Å². The molecule has 0 unspecified atom stereocenters. The summed E-state index contributed by atoms with van der Waals surface area (Å²) in [5, 5.41) is 0. The maximum absolute atomic E-state index is 13.1. The average molecular weight is 459 g/mol. The van der Waals surface area contributed by atoms with Crippen LogP contribution >= 0.6 is 0 Å². The Balaban J connectivity index is 1.33. The van der Waals surface area contributed by atoms with E-state index in [1.54, 1.807) is 17.0 Å². The van der Waals surface area contributed by atoms with Gasteiger partial charge in [0.2, 0.25) is 15.9 Å². The van der Waals surface area contributed by atoms with Gasteiger partial charge in [0.05, 0.1) is 18.1 Å². The third-order valence-corrected chi connectivity index (χ3v) is 7.90. The Morgan fingerprint density at radius 3 is 2.25 bits per heavy atom. The van der Waals surface area contributed by atoms with Crippen LogP contribution in [0.2, 0.25) is 0 Å². The first-order chi connectivity index (χ1) is 15.5. The van der Waals surface area contributed by atoms with E-state index >= 15 is 0 Å². The topological polar surface area (TPSA) is 76.2 Å². The second-order valence-corrected chi connectivity index (χ2v) is 10.1. The van der Waals surface area contributed by atoms with Crippen LogP contribution in [-0.2, 0) is 27.7 Å². The summed E-state index contributed by atoms with van der Waals surface area (Å²) < 4.78 is 38.9. The van der Waals surface area contributed by atoms with E-state index in [0.717, 1.165) is 18.4 Å². The Kier molecular flexibility index (Phi) is 7.01. The average Bonchev–Trinajstić information content (AvgIpc) is 3.08. The molecule has 2 heterocycles. The zero-order valence-electron chi connectivity index (χ0n) is 18.5. The van der Waals surface area contributed by atoms with E-state index in [1.165, 1.54) is 15.9 Å². The number of carbonyl (C=O) groups excluding carboxylic acids is 1. The van der Waals surface area contributed by atoms with Gasteiger partial charge in [-0.25, -0.2) is 8.42 Å². The van der Waals surface area contributed by atoms with Crippen molar-refractivity contribution in [2.75, 3.05) is 39.4 Å². The molecule has 2 aromatic rings. The molecule has 0 bridgehead atoms. The van der Waals surface area contributed by atoms with Gasteiger partial charge >= 0.3 is 0 Å². The van der Waals surface area contributed by atoms with E-state index < -0.39 is 10.0 Å². The molecule has 1 fully saturated rings. The van der Waals surface area contributed by atoms with Crippen LogP contribution in [0.5, 0.6) is 11.5 Å². The van der Waals surface area contributed by atoms with Crippen molar-refractivity contribution in [3.8, 4) is 11.5 Å². The summed E-state index contributed by atoms with van der Waals surface area (Å²) in [5.74, 6) is 1.10. The first-order valence-corrected chi connectivity index (χ1v) is 12.7. The van der Waals surface area contributed by atoms with Crippen molar-refractivity contribution in [2.24, 2.45) is 0 Å². The van der Waals surface area contributed by atoms with Gasteiger partial charge in [0.15, 0.2) is 11.5 Å². The lowest BCUT2D eigenvalue weighted by Gasteiger charge is -2.34. The van der Waals surface area contributed by atoms with Crippen LogP contribution in [0.25, 0.3) is 0 Å². The Hall–Kier alpha value is -2.58. The lowest BCUT2D eigenvalue weighted by Crippen LogP contribution is -2.50. The highest BCUT2D eigenvalue weighted by Crippen LogP contribution is 2.33. The minimum atomic E-state index is -3.66. The third-order valence-electron chi connectivity index (χ3n) is 6.01. The van der Waals surface area contributed by atoms with Gasteiger partial charge in [-0.1, -0.05) is 31.2 Å². The standard InChI is InChI=1S/C24H30N2O5S/c1-2-19-4-6-20(7-5-19)8-11-24(27)25-12-14-26(15-13-25)32(28,29)21-9-10-22-23(18-21)31-17-3-16-30-22/h4-7,9-10,18H,2-3,8,11-17H2,1H3. The fourth-order valence-electron chi connectivity index (χ4n) is 3.98. The van der Waals surface area contributed by atoms with Gasteiger partial charge in [-0.3, -0.25) is 4.79 Å². The molecule has 0 radical (unpaired) electrons. The van der Waals surface area contributed by atoms with Crippen LogP contribution in [0, 0.1) is 0 Å². The monoisotopic (exact) mass is 458 g/mol. The summed E-state index contributed by atoms with van der Waals surface area (Å²) in [5.41, 5.74) is 2.43. The summed E-state index contributed by atoms with van der Waals surface area (Å²) >= 11 is 0. The number of fused-ring (bicyclic) bond motifs is 1. The molecule has 1 amide bonds. The number of benzene rings is 2. The fourth-order valence-corrected chi connectivity index (χ4v) is 5.42. The second-order valence-electron chi connectivity index (χ2n) is 8.11. The van der Waals surface area contributed by atoms with Gasteiger partial charge in [0.1, 0.15) is 0 Å². The van der Waals surface area contributed by atoms with Crippen molar-refractivity contribution in [3.05, 3.63) is 53.6 Å². The van der Waals surface area contributed by atoms with E-state index in [-0.39, 0.29) is 23.9 Å². The molecule has 2 aliphatic heterocycles. The molecule has 0 aromatic heterocycles. The van der Waals surface area contributed by atoms with Crippen LogP contribution in [0.4, 0.5) is 0 Å².